The third-order valence-electron chi connectivity index (χ3n) is 7.91. The molecule has 0 spiro atoms. The van der Waals surface area contributed by atoms with Crippen molar-refractivity contribution in [3.8, 4) is 39.6 Å². The van der Waals surface area contributed by atoms with Crippen molar-refractivity contribution in [3.05, 3.63) is 96.1 Å². The number of nitrogens with zero attached hydrogens (tertiary/aromatic N) is 4. The average Bonchev–Trinajstić information content (AvgIpc) is 3.54. The SMILES string of the molecule is NC1(c2ccc(-c3c(-c4ccc5scnc5c4)nc4n3-c3cccnc3Nc3ccccc3-4)cc2)CCC1. The van der Waals surface area contributed by atoms with Crippen LogP contribution in [0.1, 0.15) is 24.8 Å². The molecule has 3 N–H and O–H groups in total. The maximum atomic E-state index is 6.66. The number of hydrogen-bond donors (Lipinski definition) is 2. The molecular weight excluding hydrogens is 488 g/mol. The first-order valence-electron chi connectivity index (χ1n) is 12.9. The van der Waals surface area contributed by atoms with Gasteiger partial charge in [0.2, 0.25) is 0 Å². The third-order valence-corrected chi connectivity index (χ3v) is 8.72. The number of aromatic nitrogens is 4. The van der Waals surface area contributed by atoms with Crippen molar-refractivity contribution in [1.82, 2.24) is 19.5 Å². The Kier molecular flexibility index (Phi) is 4.62. The lowest BCUT2D eigenvalue weighted by molar-refractivity contribution is 0.253. The van der Waals surface area contributed by atoms with Crippen LogP contribution in [0.4, 0.5) is 11.5 Å². The van der Waals surface area contributed by atoms with E-state index >= 15 is 0 Å². The number of nitrogens with two attached hydrogens (primary N) is 1. The van der Waals surface area contributed by atoms with Crippen LogP contribution in [-0.2, 0) is 5.54 Å². The molecule has 3 aromatic heterocycles. The van der Waals surface area contributed by atoms with Crippen molar-refractivity contribution in [2.75, 3.05) is 5.32 Å². The molecule has 38 heavy (non-hydrogen) atoms. The number of thiazole rings is 1. The van der Waals surface area contributed by atoms with Crippen molar-refractivity contribution in [1.29, 1.82) is 0 Å². The molecule has 1 saturated carbocycles. The standard InChI is InChI=1S/C31H24N6S/c32-31(14-4-15-31)21-11-8-19(9-12-21)28-27(20-10-13-26-24(17-20)34-18-38-26)36-30-22-5-1-2-6-23(22)35-29-25(37(28)30)7-3-16-33-29/h1-3,5-13,16-18H,4,14-15,32H2,(H,33,35). The van der Waals surface area contributed by atoms with Gasteiger partial charge in [0, 0.05) is 28.4 Å². The summed E-state index contributed by atoms with van der Waals surface area (Å²) in [5, 5.41) is 3.54. The van der Waals surface area contributed by atoms with Gasteiger partial charge in [-0.05, 0) is 61.2 Å². The highest BCUT2D eigenvalue weighted by molar-refractivity contribution is 7.16. The van der Waals surface area contributed by atoms with E-state index in [4.69, 9.17) is 15.7 Å². The van der Waals surface area contributed by atoms with Crippen LogP contribution in [0.2, 0.25) is 0 Å². The van der Waals surface area contributed by atoms with E-state index in [0.29, 0.717) is 0 Å². The van der Waals surface area contributed by atoms with E-state index in [1.54, 1.807) is 11.3 Å². The average molecular weight is 513 g/mol. The maximum Gasteiger partial charge on any atom is 0.154 e. The van der Waals surface area contributed by atoms with Gasteiger partial charge in [-0.2, -0.15) is 0 Å². The summed E-state index contributed by atoms with van der Waals surface area (Å²) in [6, 6.07) is 27.5. The molecule has 0 radical (unpaired) electrons. The van der Waals surface area contributed by atoms with E-state index in [1.165, 1.54) is 16.7 Å². The summed E-state index contributed by atoms with van der Waals surface area (Å²) in [6.45, 7) is 0. The van der Waals surface area contributed by atoms with Gasteiger partial charge >= 0.3 is 0 Å². The number of para-hydroxylation sites is 1. The zero-order valence-electron chi connectivity index (χ0n) is 20.6. The van der Waals surface area contributed by atoms with Gasteiger partial charge in [-0.25, -0.2) is 15.0 Å². The molecule has 4 heterocycles. The van der Waals surface area contributed by atoms with Crippen molar-refractivity contribution >= 4 is 33.1 Å². The predicted molar refractivity (Wildman–Crippen MR) is 154 cm³/mol. The third kappa shape index (κ3) is 3.19. The fourth-order valence-corrected chi connectivity index (χ4v) is 6.36. The Hall–Kier alpha value is -4.33. The predicted octanol–water partition coefficient (Wildman–Crippen LogP) is 7.27. The monoisotopic (exact) mass is 512 g/mol. The quantitative estimate of drug-likeness (QED) is 0.260. The lowest BCUT2D eigenvalue weighted by atomic mass is 9.72. The Balaban J connectivity index is 1.43. The van der Waals surface area contributed by atoms with E-state index in [1.807, 2.05) is 23.8 Å². The van der Waals surface area contributed by atoms with Crippen LogP contribution < -0.4 is 11.1 Å². The van der Waals surface area contributed by atoms with E-state index in [-0.39, 0.29) is 5.54 Å². The molecule has 0 saturated heterocycles. The van der Waals surface area contributed by atoms with Crippen LogP contribution >= 0.6 is 11.3 Å². The highest BCUT2D eigenvalue weighted by Crippen LogP contribution is 2.45. The molecule has 6 nitrogen and oxygen atoms in total. The number of rotatable bonds is 3. The molecule has 1 aliphatic heterocycles. The van der Waals surface area contributed by atoms with Crippen LogP contribution in [0.3, 0.4) is 0 Å². The normalized spacial score (nSPS) is 15.1. The van der Waals surface area contributed by atoms with Crippen LogP contribution in [0.25, 0.3) is 49.8 Å². The first-order valence-corrected chi connectivity index (χ1v) is 13.7. The summed E-state index contributed by atoms with van der Waals surface area (Å²) in [4.78, 5) is 14.6. The van der Waals surface area contributed by atoms with Gasteiger partial charge in [0.1, 0.15) is 5.82 Å². The van der Waals surface area contributed by atoms with Crippen molar-refractivity contribution in [3.63, 3.8) is 0 Å². The van der Waals surface area contributed by atoms with Crippen LogP contribution in [0.15, 0.2) is 90.6 Å². The Bertz CT molecular complexity index is 1840. The van der Waals surface area contributed by atoms with Crippen molar-refractivity contribution in [2.45, 2.75) is 24.8 Å². The maximum absolute atomic E-state index is 6.66. The fourth-order valence-electron chi connectivity index (χ4n) is 5.70. The minimum absolute atomic E-state index is 0.204. The number of benzene rings is 3. The minimum atomic E-state index is -0.204. The molecule has 0 bridgehead atoms. The van der Waals surface area contributed by atoms with Gasteiger partial charge < -0.3 is 11.1 Å². The first kappa shape index (κ1) is 21.7. The minimum Gasteiger partial charge on any atom is -0.338 e. The van der Waals surface area contributed by atoms with E-state index < -0.39 is 0 Å². The number of pyridine rings is 1. The Morgan fingerprint density at radius 2 is 1.74 bits per heavy atom. The molecule has 7 heteroatoms. The summed E-state index contributed by atoms with van der Waals surface area (Å²) in [5.74, 6) is 1.67. The summed E-state index contributed by atoms with van der Waals surface area (Å²) < 4.78 is 3.41. The largest absolute Gasteiger partial charge is 0.338 e. The topological polar surface area (TPSA) is 81.7 Å². The number of anilines is 2. The highest BCUT2D eigenvalue weighted by atomic mass is 32.1. The number of imidazole rings is 1. The molecular formula is C31H24N6S. The number of fused-ring (bicyclic) bond motifs is 6. The molecule has 1 aliphatic carbocycles. The van der Waals surface area contributed by atoms with E-state index in [2.05, 4.69) is 81.6 Å². The number of hydrogen-bond acceptors (Lipinski definition) is 6. The van der Waals surface area contributed by atoms with Crippen LogP contribution in [0.5, 0.6) is 0 Å². The van der Waals surface area contributed by atoms with Gasteiger partial charge in [-0.15, -0.1) is 11.3 Å². The molecule has 0 atom stereocenters. The van der Waals surface area contributed by atoms with Crippen LogP contribution in [-0.4, -0.2) is 19.5 Å². The van der Waals surface area contributed by atoms with Gasteiger partial charge in [0.15, 0.2) is 5.82 Å². The molecule has 2 aliphatic rings. The zero-order chi connectivity index (χ0) is 25.3. The molecule has 8 rings (SSSR count). The molecule has 0 amide bonds. The van der Waals surface area contributed by atoms with Crippen LogP contribution in [0, 0.1) is 0 Å². The summed E-state index contributed by atoms with van der Waals surface area (Å²) in [7, 11) is 0. The summed E-state index contributed by atoms with van der Waals surface area (Å²) >= 11 is 1.65. The smallest absolute Gasteiger partial charge is 0.154 e. The lowest BCUT2D eigenvalue weighted by Crippen LogP contribution is -2.43. The summed E-state index contributed by atoms with van der Waals surface area (Å²) in [6.07, 6.45) is 5.08. The van der Waals surface area contributed by atoms with E-state index in [9.17, 15) is 0 Å². The second kappa shape index (κ2) is 8.08. The second-order valence-corrected chi connectivity index (χ2v) is 11.0. The summed E-state index contributed by atoms with van der Waals surface area (Å²) in [5.41, 5.74) is 17.6. The lowest BCUT2D eigenvalue weighted by Gasteiger charge is -2.38. The van der Waals surface area contributed by atoms with E-state index in [0.717, 1.165) is 69.5 Å². The van der Waals surface area contributed by atoms with Gasteiger partial charge in [-0.3, -0.25) is 4.57 Å². The second-order valence-electron chi connectivity index (χ2n) is 10.1. The van der Waals surface area contributed by atoms with Gasteiger partial charge in [0.25, 0.3) is 0 Å². The molecule has 0 unspecified atom stereocenters. The Labute approximate surface area is 223 Å². The zero-order valence-corrected chi connectivity index (χ0v) is 21.4. The highest BCUT2D eigenvalue weighted by Gasteiger charge is 2.34. The molecule has 184 valence electrons. The Morgan fingerprint density at radius 1 is 0.895 bits per heavy atom. The first-order chi connectivity index (χ1) is 18.7. The number of nitrogens with one attached hydrogen (secondary N) is 1. The fraction of sp³-hybridized carbons (Fsp3) is 0.129. The molecule has 1 fully saturated rings. The molecule has 3 aromatic carbocycles. The van der Waals surface area contributed by atoms with Gasteiger partial charge in [-0.1, -0.05) is 42.5 Å². The Morgan fingerprint density at radius 3 is 2.58 bits per heavy atom. The van der Waals surface area contributed by atoms with Crippen molar-refractivity contribution in [2.24, 2.45) is 5.73 Å². The van der Waals surface area contributed by atoms with Gasteiger partial charge in [0.05, 0.1) is 38.5 Å². The van der Waals surface area contributed by atoms with Crippen molar-refractivity contribution < 1.29 is 0 Å². The molecule has 6 aromatic rings.